The maximum Gasteiger partial charge on any atom is 0.338 e. The molecular weight excluding hydrogens is 374 g/mol. The van der Waals surface area contributed by atoms with Gasteiger partial charge in [-0.3, -0.25) is 4.90 Å². The summed E-state index contributed by atoms with van der Waals surface area (Å²) in [5.74, 6) is 0.628. The molecule has 8 nitrogen and oxygen atoms in total. The summed E-state index contributed by atoms with van der Waals surface area (Å²) >= 11 is 0. The quantitative estimate of drug-likeness (QED) is 0.709. The van der Waals surface area contributed by atoms with Crippen molar-refractivity contribution in [1.29, 1.82) is 0 Å². The second kappa shape index (κ2) is 9.65. The highest BCUT2D eigenvalue weighted by atomic mass is 16.5. The molecule has 1 saturated heterocycles. The summed E-state index contributed by atoms with van der Waals surface area (Å²) in [4.78, 5) is 27.4. The number of hydrogen-bond donors (Lipinski definition) is 2. The van der Waals surface area contributed by atoms with Crippen molar-refractivity contribution in [2.45, 2.75) is 31.7 Å². The Morgan fingerprint density at radius 1 is 1.07 bits per heavy atom. The number of nitrogens with one attached hydrogen (secondary N) is 2. The highest BCUT2D eigenvalue weighted by Gasteiger charge is 2.34. The van der Waals surface area contributed by atoms with Gasteiger partial charge in [0.15, 0.2) is 11.5 Å². The van der Waals surface area contributed by atoms with Crippen LogP contribution in [0.1, 0.15) is 37.3 Å². The molecular formula is C21H29N3O5. The predicted molar refractivity (Wildman–Crippen MR) is 108 cm³/mol. The number of ether oxygens (including phenoxy) is 3. The van der Waals surface area contributed by atoms with Crippen molar-refractivity contribution >= 4 is 12.0 Å². The maximum atomic E-state index is 12.7. The average molecular weight is 403 g/mol. The third-order valence-corrected chi connectivity index (χ3v) is 5.38. The molecule has 2 aliphatic heterocycles. The molecule has 2 N–H and O–H groups in total. The van der Waals surface area contributed by atoms with E-state index in [1.807, 2.05) is 6.07 Å². The highest BCUT2D eigenvalue weighted by Crippen LogP contribution is 2.34. The van der Waals surface area contributed by atoms with Crippen molar-refractivity contribution < 1.29 is 23.8 Å². The van der Waals surface area contributed by atoms with Gasteiger partial charge in [-0.05, 0) is 43.6 Å². The van der Waals surface area contributed by atoms with Crippen molar-refractivity contribution in [3.8, 4) is 11.5 Å². The molecule has 0 radical (unpaired) electrons. The molecule has 0 aromatic heterocycles. The number of methoxy groups -OCH3 is 3. The van der Waals surface area contributed by atoms with E-state index >= 15 is 0 Å². The van der Waals surface area contributed by atoms with Gasteiger partial charge in [-0.1, -0.05) is 18.9 Å². The first kappa shape index (κ1) is 21.0. The minimum Gasteiger partial charge on any atom is -0.493 e. The molecule has 1 fully saturated rings. The van der Waals surface area contributed by atoms with Crippen LogP contribution < -0.4 is 20.1 Å². The molecule has 0 saturated carbocycles. The van der Waals surface area contributed by atoms with Crippen LogP contribution in [-0.4, -0.2) is 57.9 Å². The Bertz CT molecular complexity index is 785. The predicted octanol–water partition coefficient (Wildman–Crippen LogP) is 2.36. The Morgan fingerprint density at radius 2 is 1.76 bits per heavy atom. The van der Waals surface area contributed by atoms with E-state index in [0.717, 1.165) is 25.9 Å². The molecule has 3 rings (SSSR count). The Hall–Kier alpha value is -2.74. The molecule has 8 heteroatoms. The Kier molecular flexibility index (Phi) is 6.98. The van der Waals surface area contributed by atoms with E-state index in [1.54, 1.807) is 26.4 Å². The molecule has 0 spiro atoms. The Labute approximate surface area is 171 Å². The summed E-state index contributed by atoms with van der Waals surface area (Å²) in [5, 5.41) is 5.67. The number of rotatable bonds is 6. The summed E-state index contributed by atoms with van der Waals surface area (Å²) in [6.45, 7) is 2.40. The topological polar surface area (TPSA) is 89.1 Å². The molecule has 158 valence electrons. The largest absolute Gasteiger partial charge is 0.493 e. The van der Waals surface area contributed by atoms with Gasteiger partial charge < -0.3 is 24.8 Å². The third-order valence-electron chi connectivity index (χ3n) is 5.38. The molecule has 2 amide bonds. The van der Waals surface area contributed by atoms with E-state index in [0.29, 0.717) is 34.9 Å². The number of esters is 1. The number of carbonyl (C=O) groups is 2. The first-order valence-electron chi connectivity index (χ1n) is 9.90. The van der Waals surface area contributed by atoms with Crippen LogP contribution in [0.4, 0.5) is 4.79 Å². The molecule has 1 aromatic rings. The third kappa shape index (κ3) is 4.82. The average Bonchev–Trinajstić information content (AvgIpc) is 3.01. The molecule has 29 heavy (non-hydrogen) atoms. The molecule has 1 unspecified atom stereocenters. The number of nitrogens with zero attached hydrogens (tertiary/aromatic N) is 1. The fourth-order valence-corrected chi connectivity index (χ4v) is 3.89. The lowest BCUT2D eigenvalue weighted by Crippen LogP contribution is -2.48. The van der Waals surface area contributed by atoms with Gasteiger partial charge in [-0.2, -0.15) is 0 Å². The Morgan fingerprint density at radius 3 is 2.38 bits per heavy atom. The molecule has 0 aliphatic carbocycles. The fourth-order valence-electron chi connectivity index (χ4n) is 3.89. The maximum absolute atomic E-state index is 12.7. The fraction of sp³-hybridized carbons (Fsp3) is 0.524. The summed E-state index contributed by atoms with van der Waals surface area (Å²) in [6.07, 6.45) is 4.65. The van der Waals surface area contributed by atoms with Gasteiger partial charge in [0.25, 0.3) is 0 Å². The number of benzene rings is 1. The van der Waals surface area contributed by atoms with Crippen molar-refractivity contribution in [2.75, 3.05) is 41.0 Å². The number of likely N-dealkylation sites (tertiary alicyclic amines) is 1. The minimum absolute atomic E-state index is 0.345. The second-order valence-electron chi connectivity index (χ2n) is 7.22. The van der Waals surface area contributed by atoms with E-state index in [-0.39, 0.29) is 6.03 Å². The lowest BCUT2D eigenvalue weighted by Gasteiger charge is -2.32. The van der Waals surface area contributed by atoms with Crippen molar-refractivity contribution in [3.05, 3.63) is 35.0 Å². The molecule has 0 bridgehead atoms. The first-order valence-corrected chi connectivity index (χ1v) is 9.90. The summed E-state index contributed by atoms with van der Waals surface area (Å²) in [7, 11) is 4.45. The summed E-state index contributed by atoms with van der Waals surface area (Å²) < 4.78 is 15.7. The normalized spacial score (nSPS) is 20.4. The molecule has 2 aliphatic rings. The Balaban J connectivity index is 1.99. The van der Waals surface area contributed by atoms with Crippen molar-refractivity contribution in [1.82, 2.24) is 15.5 Å². The van der Waals surface area contributed by atoms with Gasteiger partial charge >= 0.3 is 12.0 Å². The highest BCUT2D eigenvalue weighted by molar-refractivity contribution is 5.95. The van der Waals surface area contributed by atoms with Gasteiger partial charge in [-0.15, -0.1) is 0 Å². The molecule has 1 aromatic carbocycles. The van der Waals surface area contributed by atoms with Crippen LogP contribution in [0, 0.1) is 0 Å². The SMILES string of the molecule is COC(=O)C1=C(CN2CCCCCC2)NC(=O)NC1c1ccc(OC)c(OC)c1. The lowest BCUT2D eigenvalue weighted by atomic mass is 9.94. The van der Waals surface area contributed by atoms with Gasteiger partial charge in [0.05, 0.1) is 32.9 Å². The van der Waals surface area contributed by atoms with Crippen LogP contribution >= 0.6 is 0 Å². The monoisotopic (exact) mass is 403 g/mol. The lowest BCUT2D eigenvalue weighted by molar-refractivity contribution is -0.136. The number of carbonyl (C=O) groups excluding carboxylic acids is 2. The van der Waals surface area contributed by atoms with Gasteiger partial charge in [0, 0.05) is 12.2 Å². The van der Waals surface area contributed by atoms with Crippen LogP contribution in [0.15, 0.2) is 29.5 Å². The standard InChI is InChI=1S/C21H29N3O5/c1-27-16-9-8-14(12-17(16)28-2)19-18(20(25)29-3)15(22-21(26)23-19)13-24-10-6-4-5-7-11-24/h8-9,12,19H,4-7,10-11,13H2,1-3H3,(H2,22,23,26). The van der Waals surface area contributed by atoms with Crippen molar-refractivity contribution in [3.63, 3.8) is 0 Å². The zero-order chi connectivity index (χ0) is 20.8. The van der Waals surface area contributed by atoms with Crippen LogP contribution in [0.2, 0.25) is 0 Å². The van der Waals surface area contributed by atoms with Crippen LogP contribution in [0.5, 0.6) is 11.5 Å². The number of urea groups is 1. The van der Waals surface area contributed by atoms with E-state index in [4.69, 9.17) is 14.2 Å². The van der Waals surface area contributed by atoms with E-state index in [1.165, 1.54) is 20.0 Å². The first-order chi connectivity index (χ1) is 14.1. The number of hydrogen-bond acceptors (Lipinski definition) is 6. The molecule has 1 atom stereocenters. The summed E-state index contributed by atoms with van der Waals surface area (Å²) in [6, 6.07) is 4.34. The molecule has 2 heterocycles. The van der Waals surface area contributed by atoms with E-state index in [9.17, 15) is 9.59 Å². The van der Waals surface area contributed by atoms with E-state index < -0.39 is 12.0 Å². The smallest absolute Gasteiger partial charge is 0.338 e. The zero-order valence-electron chi connectivity index (χ0n) is 17.2. The van der Waals surface area contributed by atoms with Gasteiger partial charge in [0.1, 0.15) is 0 Å². The van der Waals surface area contributed by atoms with Gasteiger partial charge in [-0.25, -0.2) is 9.59 Å². The van der Waals surface area contributed by atoms with Crippen LogP contribution in [-0.2, 0) is 9.53 Å². The second-order valence-corrected chi connectivity index (χ2v) is 7.22. The number of amides is 2. The zero-order valence-corrected chi connectivity index (χ0v) is 17.2. The van der Waals surface area contributed by atoms with Gasteiger partial charge in [0.2, 0.25) is 0 Å². The van der Waals surface area contributed by atoms with Crippen LogP contribution in [0.25, 0.3) is 0 Å². The minimum atomic E-state index is -0.641. The summed E-state index contributed by atoms with van der Waals surface area (Å²) in [5.41, 5.74) is 1.71. The van der Waals surface area contributed by atoms with Crippen LogP contribution in [0.3, 0.4) is 0 Å². The van der Waals surface area contributed by atoms with Crippen molar-refractivity contribution in [2.24, 2.45) is 0 Å². The van der Waals surface area contributed by atoms with E-state index in [2.05, 4.69) is 15.5 Å².